The van der Waals surface area contributed by atoms with E-state index in [0.29, 0.717) is 17.1 Å². The molecule has 0 bridgehead atoms. The minimum Gasteiger partial charge on any atom is -0.505 e. The monoisotopic (exact) mass is 610 g/mol. The van der Waals surface area contributed by atoms with Crippen LogP contribution in [0.5, 0.6) is 5.75 Å². The number of carbonyl (C=O) groups excluding carboxylic acids is 1. The molecule has 0 saturated heterocycles. The minimum atomic E-state index is -0.133. The summed E-state index contributed by atoms with van der Waals surface area (Å²) in [5, 5.41) is 7.74. The molecule has 0 spiro atoms. The summed E-state index contributed by atoms with van der Waals surface area (Å²) >= 11 is 0. The van der Waals surface area contributed by atoms with Crippen LogP contribution in [0.1, 0.15) is 74.4 Å². The summed E-state index contributed by atoms with van der Waals surface area (Å²) in [5.41, 5.74) is 6.59. The number of ketones is 1. The van der Waals surface area contributed by atoms with Crippen LogP contribution in [0.4, 0.5) is 5.82 Å². The van der Waals surface area contributed by atoms with Gasteiger partial charge in [-0.1, -0.05) is 45.9 Å². The maximum atomic E-state index is 13.8. The van der Waals surface area contributed by atoms with E-state index < -0.39 is 0 Å². The van der Waals surface area contributed by atoms with Crippen molar-refractivity contribution in [2.75, 3.05) is 26.6 Å². The third-order valence-electron chi connectivity index (χ3n) is 6.97. The number of benzene rings is 2. The number of ether oxygens (including phenoxy) is 2. The van der Waals surface area contributed by atoms with Gasteiger partial charge < -0.3 is 24.8 Å². The van der Waals surface area contributed by atoms with Crippen LogP contribution in [0, 0.1) is 6.92 Å². The zero-order valence-corrected chi connectivity index (χ0v) is 27.9. The van der Waals surface area contributed by atoms with Gasteiger partial charge in [-0.3, -0.25) is 4.79 Å². The van der Waals surface area contributed by atoms with Crippen LogP contribution in [-0.2, 0) is 4.74 Å². The number of allylic oxidation sites excluding steroid dienone is 3. The van der Waals surface area contributed by atoms with Gasteiger partial charge in [0.2, 0.25) is 5.78 Å². The number of aromatic nitrogens is 5. The van der Waals surface area contributed by atoms with E-state index in [1.54, 1.807) is 38.4 Å². The first-order valence-electron chi connectivity index (χ1n) is 15.3. The zero-order chi connectivity index (χ0) is 32.9. The molecule has 3 aromatic heterocycles. The normalized spacial score (nSPS) is 11.6. The van der Waals surface area contributed by atoms with E-state index in [1.807, 2.05) is 82.3 Å². The van der Waals surface area contributed by atoms with E-state index in [4.69, 9.17) is 4.74 Å². The Balaban J connectivity index is 0.000000719. The Morgan fingerprint density at radius 1 is 1.09 bits per heavy atom. The Morgan fingerprint density at radius 3 is 2.42 bits per heavy atom. The van der Waals surface area contributed by atoms with Crippen molar-refractivity contribution in [3.8, 4) is 22.7 Å². The number of imidazole rings is 1. The summed E-state index contributed by atoms with van der Waals surface area (Å²) in [6, 6.07) is 15.7. The van der Waals surface area contributed by atoms with Gasteiger partial charge in [-0.25, -0.2) is 9.67 Å². The number of aryl methyl sites for hydroxylation is 1. The van der Waals surface area contributed by atoms with Crippen molar-refractivity contribution in [2.24, 2.45) is 0 Å². The van der Waals surface area contributed by atoms with Gasteiger partial charge in [-0.05, 0) is 79.9 Å². The van der Waals surface area contributed by atoms with Gasteiger partial charge in [0.25, 0.3) is 0 Å². The number of carbonyl (C=O) groups is 1. The first-order chi connectivity index (χ1) is 21.8. The highest BCUT2D eigenvalue weighted by atomic mass is 16.5. The van der Waals surface area contributed by atoms with Gasteiger partial charge >= 0.3 is 0 Å². The van der Waals surface area contributed by atoms with Gasteiger partial charge in [0, 0.05) is 18.7 Å². The third kappa shape index (κ3) is 8.12. The fraction of sp³-hybridized carbons (Fsp3) is 0.306. The quantitative estimate of drug-likeness (QED) is 0.0830. The fourth-order valence-corrected chi connectivity index (χ4v) is 4.88. The molecule has 0 aliphatic rings. The summed E-state index contributed by atoms with van der Waals surface area (Å²) in [7, 11) is 5.07. The first-order valence-corrected chi connectivity index (χ1v) is 15.3. The van der Waals surface area contributed by atoms with Crippen molar-refractivity contribution >= 4 is 22.6 Å². The summed E-state index contributed by atoms with van der Waals surface area (Å²) in [5.74, 6) is 2.24. The highest BCUT2D eigenvalue weighted by molar-refractivity contribution is 6.11. The SMILES string of the molecule is C/C=C/OC.CC.CC/C=C\[C@H](C)c1cc(C(=O)c2cnn(-c3ccc4nc(C)[nH]c4c3)c2NC)[nH]c1-c1ccc(OC)cc1. The number of anilines is 1. The van der Waals surface area contributed by atoms with Crippen LogP contribution < -0.4 is 10.1 Å². The average Bonchev–Trinajstić information content (AvgIpc) is 3.80. The number of H-pyrrole nitrogens is 2. The average molecular weight is 611 g/mol. The lowest BCUT2D eigenvalue weighted by atomic mass is 9.96. The Labute approximate surface area is 266 Å². The summed E-state index contributed by atoms with van der Waals surface area (Å²) < 4.78 is 11.6. The van der Waals surface area contributed by atoms with Crippen LogP contribution in [0.15, 0.2) is 79.2 Å². The Morgan fingerprint density at radius 2 is 1.82 bits per heavy atom. The maximum Gasteiger partial charge on any atom is 0.214 e. The molecule has 1 atom stereocenters. The lowest BCUT2D eigenvalue weighted by Gasteiger charge is -2.09. The van der Waals surface area contributed by atoms with Gasteiger partial charge in [0.1, 0.15) is 17.4 Å². The molecule has 3 N–H and O–H groups in total. The molecule has 3 heterocycles. The van der Waals surface area contributed by atoms with E-state index in [9.17, 15) is 4.79 Å². The topological polar surface area (TPSA) is 110 Å². The van der Waals surface area contributed by atoms with E-state index in [0.717, 1.165) is 51.5 Å². The highest BCUT2D eigenvalue weighted by Crippen LogP contribution is 2.33. The van der Waals surface area contributed by atoms with Gasteiger partial charge in [-0.15, -0.1) is 0 Å². The molecule has 0 aliphatic carbocycles. The molecule has 238 valence electrons. The Hall–Kier alpha value is -5.05. The number of aromatic amines is 2. The lowest BCUT2D eigenvalue weighted by Crippen LogP contribution is -2.08. The van der Waals surface area contributed by atoms with Crippen LogP contribution in [0.25, 0.3) is 28.0 Å². The molecule has 9 heteroatoms. The number of rotatable bonds is 10. The fourth-order valence-electron chi connectivity index (χ4n) is 4.88. The molecule has 0 unspecified atom stereocenters. The van der Waals surface area contributed by atoms with Gasteiger partial charge in [0.15, 0.2) is 0 Å². The minimum absolute atomic E-state index is 0.126. The number of hydrogen-bond donors (Lipinski definition) is 3. The third-order valence-corrected chi connectivity index (χ3v) is 6.97. The lowest BCUT2D eigenvalue weighted by molar-refractivity contribution is 0.103. The second kappa shape index (κ2) is 16.7. The molecule has 0 radical (unpaired) electrons. The van der Waals surface area contributed by atoms with Crippen LogP contribution >= 0.6 is 0 Å². The largest absolute Gasteiger partial charge is 0.505 e. The molecular formula is C36H46N6O3. The van der Waals surface area contributed by atoms with Crippen LogP contribution in [-0.4, -0.2) is 51.8 Å². The maximum absolute atomic E-state index is 13.8. The summed E-state index contributed by atoms with van der Waals surface area (Å²) in [4.78, 5) is 25.0. The van der Waals surface area contributed by atoms with E-state index in [-0.39, 0.29) is 11.7 Å². The van der Waals surface area contributed by atoms with E-state index in [1.165, 1.54) is 0 Å². The molecule has 2 aromatic carbocycles. The highest BCUT2D eigenvalue weighted by Gasteiger charge is 2.24. The molecule has 0 fully saturated rings. The molecule has 5 aromatic rings. The number of fused-ring (bicyclic) bond motifs is 1. The second-order valence-corrected chi connectivity index (χ2v) is 9.99. The first kappa shape index (κ1) is 34.4. The summed E-state index contributed by atoms with van der Waals surface area (Å²) in [6.45, 7) is 12.1. The zero-order valence-electron chi connectivity index (χ0n) is 27.9. The predicted molar refractivity (Wildman–Crippen MR) is 185 cm³/mol. The number of nitrogens with zero attached hydrogens (tertiary/aromatic N) is 3. The second-order valence-electron chi connectivity index (χ2n) is 9.99. The van der Waals surface area contributed by atoms with Crippen molar-refractivity contribution in [3.63, 3.8) is 0 Å². The number of nitrogens with one attached hydrogen (secondary N) is 3. The van der Waals surface area contributed by atoms with E-state index in [2.05, 4.69) is 56.1 Å². The molecule has 9 nitrogen and oxygen atoms in total. The Bertz CT molecular complexity index is 1720. The number of methoxy groups -OCH3 is 2. The molecule has 45 heavy (non-hydrogen) atoms. The van der Waals surface area contributed by atoms with Crippen molar-refractivity contribution in [2.45, 2.75) is 53.9 Å². The van der Waals surface area contributed by atoms with Gasteiger partial charge in [0.05, 0.1) is 54.7 Å². The molecule has 5 rings (SSSR count). The van der Waals surface area contributed by atoms with Crippen LogP contribution in [0.3, 0.4) is 0 Å². The van der Waals surface area contributed by atoms with E-state index >= 15 is 0 Å². The predicted octanol–water partition coefficient (Wildman–Crippen LogP) is 8.60. The molecule has 0 saturated carbocycles. The molecule has 0 amide bonds. The Kier molecular flexibility index (Phi) is 12.8. The van der Waals surface area contributed by atoms with Crippen molar-refractivity contribution < 1.29 is 14.3 Å². The van der Waals surface area contributed by atoms with Crippen LogP contribution in [0.2, 0.25) is 0 Å². The smallest absolute Gasteiger partial charge is 0.214 e. The summed E-state index contributed by atoms with van der Waals surface area (Å²) in [6.07, 6.45) is 10.4. The van der Waals surface area contributed by atoms with Crippen molar-refractivity contribution in [3.05, 3.63) is 102 Å². The standard InChI is InChI=1S/C30H32N6O2.C4H8O.C2H6/c1-6-7-8-18(2)23-16-27(35-28(23)20-9-12-22(38-5)13-10-20)29(37)24-17-32-36(30(24)31-4)21-11-14-25-26(15-21)34-19(3)33-25;1-3-4-5-2;1-2/h7-18,31,35H,6H2,1-5H3,(H,33,34);3-4H,1-2H3;1-2H3/b8-7-;4-3+;/t18-;;/m0../s1. The number of hydrogen-bond acceptors (Lipinski definition) is 6. The van der Waals surface area contributed by atoms with Crippen molar-refractivity contribution in [1.29, 1.82) is 0 Å². The van der Waals surface area contributed by atoms with Crippen molar-refractivity contribution in [1.82, 2.24) is 24.7 Å². The van der Waals surface area contributed by atoms with Gasteiger partial charge in [-0.2, -0.15) is 5.10 Å². The molecule has 0 aliphatic heterocycles. The molecular weight excluding hydrogens is 564 g/mol.